The van der Waals surface area contributed by atoms with Crippen LogP contribution in [0.1, 0.15) is 41.6 Å². The molecule has 2 heterocycles. The molecule has 1 saturated heterocycles. The van der Waals surface area contributed by atoms with Gasteiger partial charge in [0.2, 0.25) is 11.8 Å². The fourth-order valence-corrected chi connectivity index (χ4v) is 2.62. The van der Waals surface area contributed by atoms with Gasteiger partial charge < -0.3 is 14.6 Å². The van der Waals surface area contributed by atoms with Crippen LogP contribution in [0.5, 0.6) is 5.75 Å². The van der Waals surface area contributed by atoms with Crippen molar-refractivity contribution in [3.05, 3.63) is 41.0 Å². The molecular formula is C16H19N3O3. The third-order valence-corrected chi connectivity index (χ3v) is 4.01. The summed E-state index contributed by atoms with van der Waals surface area (Å²) in [7, 11) is 1.65. The Morgan fingerprint density at radius 2 is 2.32 bits per heavy atom. The molecule has 1 unspecified atom stereocenters. The molecule has 22 heavy (non-hydrogen) atoms. The van der Waals surface area contributed by atoms with Gasteiger partial charge in [-0.15, -0.1) is 0 Å². The summed E-state index contributed by atoms with van der Waals surface area (Å²) in [6.45, 7) is 2.62. The van der Waals surface area contributed by atoms with Crippen LogP contribution in [-0.2, 0) is 11.2 Å². The Kier molecular flexibility index (Phi) is 4.09. The molecule has 0 radical (unpaired) electrons. The number of hydrogen-bond donors (Lipinski definition) is 1. The van der Waals surface area contributed by atoms with Crippen LogP contribution in [-0.4, -0.2) is 29.7 Å². The first-order valence-electron chi connectivity index (χ1n) is 7.38. The molecule has 1 N–H and O–H groups in total. The largest absolute Gasteiger partial charge is 0.497 e. The van der Waals surface area contributed by atoms with Gasteiger partial charge in [-0.05, 0) is 36.6 Å². The Bertz CT molecular complexity index is 671. The van der Waals surface area contributed by atoms with Crippen molar-refractivity contribution in [3.8, 4) is 5.75 Å². The highest BCUT2D eigenvalue weighted by Crippen LogP contribution is 2.23. The second kappa shape index (κ2) is 6.17. The molecule has 1 amide bonds. The molecule has 0 saturated carbocycles. The molecule has 6 nitrogen and oxygen atoms in total. The molecule has 1 aromatic carbocycles. The molecule has 1 aliphatic heterocycles. The average molecular weight is 301 g/mol. The molecule has 1 aliphatic rings. The summed E-state index contributed by atoms with van der Waals surface area (Å²) in [5.74, 6) is 2.35. The number of benzene rings is 1. The zero-order valence-corrected chi connectivity index (χ0v) is 12.8. The summed E-state index contributed by atoms with van der Waals surface area (Å²) in [5, 5.41) is 6.90. The van der Waals surface area contributed by atoms with E-state index in [-0.39, 0.29) is 11.8 Å². The standard InChI is InChI=1S/C16H19N3O3/c1-10-7-13(21-2)5-3-11(10)8-15-18-16(19-22-15)12-4-6-14(20)17-9-12/h3,5,7,12H,4,6,8-9H2,1-2H3,(H,17,20). The van der Waals surface area contributed by atoms with Crippen molar-refractivity contribution in [2.45, 2.75) is 32.1 Å². The van der Waals surface area contributed by atoms with Crippen LogP contribution < -0.4 is 10.1 Å². The Morgan fingerprint density at radius 1 is 1.45 bits per heavy atom. The van der Waals surface area contributed by atoms with E-state index in [9.17, 15) is 4.79 Å². The Hall–Kier alpha value is -2.37. The number of methoxy groups -OCH3 is 1. The number of rotatable bonds is 4. The highest BCUT2D eigenvalue weighted by molar-refractivity contribution is 5.76. The topological polar surface area (TPSA) is 77.2 Å². The number of hydrogen-bond acceptors (Lipinski definition) is 5. The maximum atomic E-state index is 11.2. The van der Waals surface area contributed by atoms with Crippen LogP contribution in [0.3, 0.4) is 0 Å². The van der Waals surface area contributed by atoms with Crippen LogP contribution in [0.25, 0.3) is 0 Å². The van der Waals surface area contributed by atoms with Gasteiger partial charge in [-0.1, -0.05) is 11.2 Å². The first-order chi connectivity index (χ1) is 10.7. The van der Waals surface area contributed by atoms with Crippen molar-refractivity contribution >= 4 is 5.91 Å². The SMILES string of the molecule is COc1ccc(Cc2nc(C3CCC(=O)NC3)no2)c(C)c1. The van der Waals surface area contributed by atoms with Crippen molar-refractivity contribution in [3.63, 3.8) is 0 Å². The molecular weight excluding hydrogens is 282 g/mol. The minimum atomic E-state index is 0.0915. The molecule has 1 atom stereocenters. The Morgan fingerprint density at radius 3 is 3.00 bits per heavy atom. The van der Waals surface area contributed by atoms with Crippen molar-refractivity contribution in [2.24, 2.45) is 0 Å². The number of amides is 1. The van der Waals surface area contributed by atoms with E-state index < -0.39 is 0 Å². The third-order valence-electron chi connectivity index (χ3n) is 4.01. The fraction of sp³-hybridized carbons (Fsp3) is 0.438. The van der Waals surface area contributed by atoms with Crippen LogP contribution >= 0.6 is 0 Å². The van der Waals surface area contributed by atoms with Gasteiger partial charge in [0.25, 0.3) is 0 Å². The first-order valence-corrected chi connectivity index (χ1v) is 7.38. The van der Waals surface area contributed by atoms with Crippen LogP contribution in [0.2, 0.25) is 0 Å². The molecule has 1 aromatic heterocycles. The van der Waals surface area contributed by atoms with Gasteiger partial charge in [0.15, 0.2) is 5.82 Å². The normalized spacial score (nSPS) is 18.1. The van der Waals surface area contributed by atoms with Gasteiger partial charge in [0, 0.05) is 18.9 Å². The van der Waals surface area contributed by atoms with E-state index in [4.69, 9.17) is 9.26 Å². The number of piperidine rings is 1. The monoisotopic (exact) mass is 301 g/mol. The van der Waals surface area contributed by atoms with E-state index in [2.05, 4.69) is 15.5 Å². The zero-order chi connectivity index (χ0) is 15.5. The lowest BCUT2D eigenvalue weighted by atomic mass is 9.99. The summed E-state index contributed by atoms with van der Waals surface area (Å²) in [6.07, 6.45) is 1.89. The smallest absolute Gasteiger partial charge is 0.231 e. The first kappa shape index (κ1) is 14.6. The molecule has 0 bridgehead atoms. The number of ether oxygens (including phenoxy) is 1. The number of carbonyl (C=O) groups excluding carboxylic acids is 1. The Balaban J connectivity index is 1.70. The maximum absolute atomic E-state index is 11.2. The Labute approximate surface area is 128 Å². The predicted octanol–water partition coefficient (Wildman–Crippen LogP) is 1.97. The molecule has 0 spiro atoms. The molecule has 1 fully saturated rings. The molecule has 2 aromatic rings. The number of nitrogens with zero attached hydrogens (tertiary/aromatic N) is 2. The van der Waals surface area contributed by atoms with Crippen molar-refractivity contribution in [1.82, 2.24) is 15.5 Å². The second-order valence-electron chi connectivity index (χ2n) is 5.56. The molecule has 0 aliphatic carbocycles. The van der Waals surface area contributed by atoms with Crippen LogP contribution in [0.4, 0.5) is 0 Å². The average Bonchev–Trinajstić information content (AvgIpc) is 2.98. The van der Waals surface area contributed by atoms with Gasteiger partial charge in [-0.2, -0.15) is 4.98 Å². The van der Waals surface area contributed by atoms with Crippen molar-refractivity contribution in [1.29, 1.82) is 0 Å². The van der Waals surface area contributed by atoms with Gasteiger partial charge in [-0.25, -0.2) is 0 Å². The number of nitrogens with one attached hydrogen (secondary N) is 1. The van der Waals surface area contributed by atoms with E-state index in [1.165, 1.54) is 0 Å². The summed E-state index contributed by atoms with van der Waals surface area (Å²) in [5.41, 5.74) is 2.26. The van der Waals surface area contributed by atoms with Crippen molar-refractivity contribution < 1.29 is 14.1 Å². The minimum Gasteiger partial charge on any atom is -0.497 e. The van der Waals surface area contributed by atoms with Crippen LogP contribution in [0, 0.1) is 6.92 Å². The van der Waals surface area contributed by atoms with Gasteiger partial charge >= 0.3 is 0 Å². The molecule has 116 valence electrons. The third kappa shape index (κ3) is 3.10. The van der Waals surface area contributed by atoms with E-state index in [0.717, 1.165) is 23.3 Å². The summed E-state index contributed by atoms with van der Waals surface area (Å²) in [4.78, 5) is 15.7. The fourth-order valence-electron chi connectivity index (χ4n) is 2.62. The van der Waals surface area contributed by atoms with E-state index in [1.807, 2.05) is 25.1 Å². The van der Waals surface area contributed by atoms with Crippen LogP contribution in [0.15, 0.2) is 22.7 Å². The summed E-state index contributed by atoms with van der Waals surface area (Å²) in [6, 6.07) is 5.93. The zero-order valence-electron chi connectivity index (χ0n) is 12.8. The number of aryl methyl sites for hydroxylation is 1. The van der Waals surface area contributed by atoms with Gasteiger partial charge in [0.05, 0.1) is 13.5 Å². The minimum absolute atomic E-state index is 0.0915. The lowest BCUT2D eigenvalue weighted by Gasteiger charge is -2.18. The summed E-state index contributed by atoms with van der Waals surface area (Å²) < 4.78 is 10.6. The van der Waals surface area contributed by atoms with Crippen molar-refractivity contribution in [2.75, 3.05) is 13.7 Å². The van der Waals surface area contributed by atoms with E-state index in [0.29, 0.717) is 31.1 Å². The predicted molar refractivity (Wildman–Crippen MR) is 79.8 cm³/mol. The lowest BCUT2D eigenvalue weighted by molar-refractivity contribution is -0.122. The van der Waals surface area contributed by atoms with Gasteiger partial charge in [0.1, 0.15) is 5.75 Å². The van der Waals surface area contributed by atoms with E-state index in [1.54, 1.807) is 7.11 Å². The molecule has 3 rings (SSSR count). The maximum Gasteiger partial charge on any atom is 0.231 e. The summed E-state index contributed by atoms with van der Waals surface area (Å²) >= 11 is 0. The quantitative estimate of drug-likeness (QED) is 0.934. The highest BCUT2D eigenvalue weighted by Gasteiger charge is 2.24. The number of aromatic nitrogens is 2. The molecule has 6 heteroatoms. The van der Waals surface area contributed by atoms with E-state index >= 15 is 0 Å². The number of carbonyl (C=O) groups is 1. The van der Waals surface area contributed by atoms with Gasteiger partial charge in [-0.3, -0.25) is 4.79 Å². The highest BCUT2D eigenvalue weighted by atomic mass is 16.5. The lowest BCUT2D eigenvalue weighted by Crippen LogP contribution is -2.34. The second-order valence-corrected chi connectivity index (χ2v) is 5.56.